The van der Waals surface area contributed by atoms with Gasteiger partial charge in [0, 0.05) is 46.8 Å². The smallest absolute Gasteiger partial charge is 0.259 e. The third-order valence-electron chi connectivity index (χ3n) is 8.53. The van der Waals surface area contributed by atoms with E-state index in [1.54, 1.807) is 19.4 Å². The maximum Gasteiger partial charge on any atom is 0.259 e. The van der Waals surface area contributed by atoms with Crippen LogP contribution < -0.4 is 23.0 Å². The molecule has 3 amide bonds. The zero-order valence-corrected chi connectivity index (χ0v) is 28.1. The van der Waals surface area contributed by atoms with Crippen molar-refractivity contribution in [3.8, 4) is 11.6 Å². The summed E-state index contributed by atoms with van der Waals surface area (Å²) in [6.07, 6.45) is 3.90. The summed E-state index contributed by atoms with van der Waals surface area (Å²) >= 11 is 1.94. The van der Waals surface area contributed by atoms with Crippen LogP contribution in [0, 0.1) is 11.3 Å². The molecule has 44 heavy (non-hydrogen) atoms. The Kier molecular flexibility index (Phi) is 8.90. The Hall–Kier alpha value is -2.98. The van der Waals surface area contributed by atoms with Crippen LogP contribution in [0.4, 0.5) is 0 Å². The molecule has 3 N–H and O–H groups in total. The first-order valence-electron chi connectivity index (χ1n) is 14.5. The van der Waals surface area contributed by atoms with E-state index in [1.165, 1.54) is 11.0 Å². The van der Waals surface area contributed by atoms with Gasteiger partial charge in [-0.3, -0.25) is 19.1 Å². The van der Waals surface area contributed by atoms with Crippen LogP contribution in [0.15, 0.2) is 43.1 Å². The van der Waals surface area contributed by atoms with Crippen molar-refractivity contribution in [1.29, 1.82) is 0 Å². The van der Waals surface area contributed by atoms with Crippen LogP contribution in [0.1, 0.15) is 46.5 Å². The van der Waals surface area contributed by atoms with E-state index in [-0.39, 0.29) is 25.3 Å². The lowest BCUT2D eigenvalue weighted by Crippen LogP contribution is -2.58. The van der Waals surface area contributed by atoms with Gasteiger partial charge in [-0.1, -0.05) is 26.8 Å². The number of likely N-dealkylation sites (tertiary alicyclic amines) is 1. The van der Waals surface area contributed by atoms with Gasteiger partial charge >= 0.3 is 0 Å². The van der Waals surface area contributed by atoms with Crippen molar-refractivity contribution in [1.82, 2.24) is 23.5 Å². The molecule has 2 saturated carbocycles. The summed E-state index contributed by atoms with van der Waals surface area (Å²) in [6, 6.07) is 5.75. The molecule has 238 valence electrons. The predicted molar refractivity (Wildman–Crippen MR) is 172 cm³/mol. The number of methoxy groups -OCH3 is 1. The second-order valence-electron chi connectivity index (χ2n) is 12.8. The van der Waals surface area contributed by atoms with Crippen molar-refractivity contribution in [3.05, 3.63) is 43.1 Å². The Morgan fingerprint density at radius 2 is 1.95 bits per heavy atom. The number of carbonyl (C=O) groups is 3. The minimum absolute atomic E-state index is 0.107. The van der Waals surface area contributed by atoms with Crippen molar-refractivity contribution in [3.63, 3.8) is 0 Å². The molecule has 1 aromatic heterocycles. The lowest BCUT2D eigenvalue weighted by molar-refractivity contribution is -0.142. The quantitative estimate of drug-likeness (QED) is 0.179. The first-order valence-corrected chi connectivity index (χ1v) is 17.1. The van der Waals surface area contributed by atoms with Gasteiger partial charge in [-0.2, -0.15) is 0 Å². The number of hydrogen-bond acceptors (Lipinski definition) is 9. The number of pyridine rings is 1. The summed E-state index contributed by atoms with van der Waals surface area (Å²) in [7, 11) is -2.24. The molecule has 5 atom stereocenters. The number of aromatic nitrogens is 1. The van der Waals surface area contributed by atoms with Crippen LogP contribution in [0.3, 0.4) is 0 Å². The molecule has 1 aliphatic heterocycles. The molecule has 12 nitrogen and oxygen atoms in total. The predicted octanol–water partition coefficient (Wildman–Crippen LogP) is 2.62. The Morgan fingerprint density at radius 1 is 1.23 bits per heavy atom. The molecule has 0 radical (unpaired) electrons. The van der Waals surface area contributed by atoms with Gasteiger partial charge in [0.15, 0.2) is 0 Å². The molecule has 3 aliphatic rings. The van der Waals surface area contributed by atoms with Gasteiger partial charge in [-0.25, -0.2) is 16.9 Å². The van der Waals surface area contributed by atoms with Crippen molar-refractivity contribution in [2.45, 2.75) is 75.4 Å². The highest BCUT2D eigenvalue weighted by Crippen LogP contribution is 2.45. The van der Waals surface area contributed by atoms with Gasteiger partial charge in [0.05, 0.1) is 18.9 Å². The Bertz CT molecular complexity index is 1590. The Morgan fingerprint density at radius 3 is 2.55 bits per heavy atom. The Labute approximate surface area is 271 Å². The van der Waals surface area contributed by atoms with Crippen LogP contribution in [-0.2, 0) is 24.4 Å². The number of ether oxygens (including phenoxy) is 2. The summed E-state index contributed by atoms with van der Waals surface area (Å²) in [5.41, 5.74) is -1.94. The number of nitrogens with zero attached hydrogens (tertiary/aromatic N) is 2. The SMILES string of the molecule is C=C[C@@H]1C[C@]1(NC(=O)[C@@H]1C[C@@H](Oc2nccc3cc(OC)ccc23)CN1C(=O)[C@@H](NI)C(C)(C)C)C(=O)NS(=O)(=O)C1CC1. The highest BCUT2D eigenvalue weighted by atomic mass is 127. The number of hydrogen-bond donors (Lipinski definition) is 3. The van der Waals surface area contributed by atoms with Gasteiger partial charge in [-0.05, 0) is 54.3 Å². The lowest BCUT2D eigenvalue weighted by atomic mass is 9.86. The number of nitrogens with one attached hydrogen (secondary N) is 3. The monoisotopic (exact) mass is 739 g/mol. The molecule has 1 aromatic carbocycles. The molecule has 2 heterocycles. The van der Waals surface area contributed by atoms with E-state index < -0.39 is 62.1 Å². The number of rotatable bonds is 11. The van der Waals surface area contributed by atoms with Gasteiger partial charge < -0.3 is 19.7 Å². The van der Waals surface area contributed by atoms with Crippen molar-refractivity contribution < 1.29 is 32.3 Å². The van der Waals surface area contributed by atoms with Gasteiger partial charge in [0.25, 0.3) is 5.91 Å². The van der Waals surface area contributed by atoms with E-state index in [9.17, 15) is 22.8 Å². The third kappa shape index (κ3) is 6.38. The maximum atomic E-state index is 14.0. The van der Waals surface area contributed by atoms with E-state index in [4.69, 9.17) is 9.47 Å². The zero-order valence-electron chi connectivity index (χ0n) is 25.1. The standard InChI is InChI=1S/C30H38IN5O7S/c1-6-18-15-30(18,28(39)35-44(40,41)21-8-9-21)33-25(37)23-14-20(16-36(23)27(38)24(34-31)29(2,3)4)43-26-22-10-7-19(42-5)13-17(22)11-12-32-26/h6-7,10-13,18,20-21,23-24,34H,1,8-9,14-16H2,2-5H3,(H,33,37)(H,35,39)/t18-,20-,23+,24-,30-/m1/s1. The van der Waals surface area contributed by atoms with Crippen molar-refractivity contribution in [2.75, 3.05) is 13.7 Å². The molecule has 1 saturated heterocycles. The Balaban J connectivity index is 1.41. The minimum atomic E-state index is -3.83. The first kappa shape index (κ1) is 32.4. The molecule has 3 fully saturated rings. The molecule has 2 aliphatic carbocycles. The molecule has 14 heteroatoms. The summed E-state index contributed by atoms with van der Waals surface area (Å²) in [5.74, 6) is -1.05. The zero-order chi connectivity index (χ0) is 32.0. The fourth-order valence-electron chi connectivity index (χ4n) is 5.65. The maximum absolute atomic E-state index is 14.0. The van der Waals surface area contributed by atoms with Crippen LogP contribution in [0.5, 0.6) is 11.6 Å². The van der Waals surface area contributed by atoms with E-state index in [1.807, 2.05) is 61.8 Å². The second-order valence-corrected chi connectivity index (χ2v) is 15.4. The van der Waals surface area contributed by atoms with Gasteiger partial charge in [0.1, 0.15) is 29.5 Å². The average Bonchev–Trinajstić information content (AvgIpc) is 3.89. The minimum Gasteiger partial charge on any atom is -0.497 e. The van der Waals surface area contributed by atoms with Crippen molar-refractivity contribution in [2.24, 2.45) is 11.3 Å². The number of sulfonamides is 1. The van der Waals surface area contributed by atoms with Crippen molar-refractivity contribution >= 4 is 61.4 Å². The molecule has 5 rings (SSSR count). The summed E-state index contributed by atoms with van der Waals surface area (Å²) in [4.78, 5) is 47.1. The van der Waals surface area contributed by atoms with Crippen LogP contribution >= 0.6 is 22.9 Å². The largest absolute Gasteiger partial charge is 0.497 e. The normalized spacial score (nSPS) is 25.7. The van der Waals surface area contributed by atoms with E-state index in [0.29, 0.717) is 24.5 Å². The summed E-state index contributed by atoms with van der Waals surface area (Å²) < 4.78 is 42.0. The topological polar surface area (TPSA) is 156 Å². The molecular formula is C30H38IN5O7S. The fraction of sp³-hybridized carbons (Fsp3) is 0.533. The molecule has 0 bridgehead atoms. The van der Waals surface area contributed by atoms with Crippen LogP contribution in [-0.4, -0.2) is 78.7 Å². The molecule has 0 spiro atoms. The average molecular weight is 740 g/mol. The fourth-order valence-corrected chi connectivity index (χ4v) is 8.21. The van der Waals surface area contributed by atoms with Gasteiger partial charge in [-0.15, -0.1) is 6.58 Å². The van der Waals surface area contributed by atoms with E-state index in [0.717, 1.165) is 10.8 Å². The van der Waals surface area contributed by atoms with Gasteiger partial charge in [0.2, 0.25) is 27.7 Å². The van der Waals surface area contributed by atoms with E-state index in [2.05, 4.69) is 25.1 Å². The van der Waals surface area contributed by atoms with Crippen LogP contribution in [0.2, 0.25) is 0 Å². The number of benzene rings is 1. The summed E-state index contributed by atoms with van der Waals surface area (Å²) in [6.45, 7) is 9.64. The van der Waals surface area contributed by atoms with E-state index >= 15 is 0 Å². The molecule has 0 unspecified atom stereocenters. The third-order valence-corrected chi connectivity index (χ3v) is 11.0. The number of fused-ring (bicyclic) bond motifs is 1. The second kappa shape index (κ2) is 12.1. The molecule has 2 aromatic rings. The highest BCUT2D eigenvalue weighted by Gasteiger charge is 2.62. The highest BCUT2D eigenvalue weighted by molar-refractivity contribution is 14.1. The number of halogens is 1. The summed E-state index contributed by atoms with van der Waals surface area (Å²) in [5, 5.41) is 3.82. The first-order chi connectivity index (χ1) is 20.7. The number of amides is 3. The number of carbonyl (C=O) groups excluding carboxylic acids is 3. The lowest BCUT2D eigenvalue weighted by Gasteiger charge is -2.34. The molecular weight excluding hydrogens is 701 g/mol. The van der Waals surface area contributed by atoms with Crippen LogP contribution in [0.25, 0.3) is 10.8 Å².